The van der Waals surface area contributed by atoms with Crippen LogP contribution in [0.2, 0.25) is 0 Å². The maximum Gasteiger partial charge on any atom is 0.304 e. The lowest BCUT2D eigenvalue weighted by molar-refractivity contribution is -0.137. The van der Waals surface area contributed by atoms with Crippen molar-refractivity contribution in [1.82, 2.24) is 0 Å². The van der Waals surface area contributed by atoms with Gasteiger partial charge in [0, 0.05) is 9.64 Å². The standard InChI is InChI=1S/C11H14O2S/c1-11(2,8-10(12)13)14-9-6-4-3-5-7-9/h3-7H,8H2,1-2H3,(H,12,13). The fraction of sp³-hybridized carbons (Fsp3) is 0.364. The van der Waals surface area contributed by atoms with Crippen LogP contribution in [-0.2, 0) is 4.79 Å². The molecule has 0 atom stereocenters. The Morgan fingerprint density at radius 2 is 1.93 bits per heavy atom. The second kappa shape index (κ2) is 4.51. The van der Waals surface area contributed by atoms with Gasteiger partial charge < -0.3 is 5.11 Å². The van der Waals surface area contributed by atoms with E-state index in [0.717, 1.165) is 4.90 Å². The Kier molecular flexibility index (Phi) is 3.58. The molecule has 0 heterocycles. The Hall–Kier alpha value is -0.960. The molecule has 0 saturated heterocycles. The molecule has 0 saturated carbocycles. The van der Waals surface area contributed by atoms with E-state index in [4.69, 9.17) is 5.11 Å². The summed E-state index contributed by atoms with van der Waals surface area (Å²) in [6, 6.07) is 9.86. The summed E-state index contributed by atoms with van der Waals surface area (Å²) < 4.78 is -0.257. The van der Waals surface area contributed by atoms with Gasteiger partial charge in [0.05, 0.1) is 6.42 Å². The molecule has 3 heteroatoms. The van der Waals surface area contributed by atoms with Gasteiger partial charge in [0.15, 0.2) is 0 Å². The minimum absolute atomic E-state index is 0.173. The topological polar surface area (TPSA) is 37.3 Å². The molecule has 0 aliphatic carbocycles. The first-order valence-corrected chi connectivity index (χ1v) is 5.27. The number of thioether (sulfide) groups is 1. The SMILES string of the molecule is CC(C)(CC(=O)O)Sc1ccccc1. The molecule has 0 aliphatic rings. The van der Waals surface area contributed by atoms with Crippen molar-refractivity contribution >= 4 is 17.7 Å². The third-order valence-electron chi connectivity index (χ3n) is 1.71. The Morgan fingerprint density at radius 3 is 2.43 bits per heavy atom. The van der Waals surface area contributed by atoms with E-state index in [0.29, 0.717) is 0 Å². The fourth-order valence-corrected chi connectivity index (χ4v) is 2.33. The molecule has 0 bridgehead atoms. The van der Waals surface area contributed by atoms with Crippen molar-refractivity contribution in [2.45, 2.75) is 29.9 Å². The molecule has 0 aromatic heterocycles. The van der Waals surface area contributed by atoms with E-state index in [9.17, 15) is 4.79 Å². The number of carboxylic acids is 1. The van der Waals surface area contributed by atoms with Crippen LogP contribution in [-0.4, -0.2) is 15.8 Å². The summed E-state index contributed by atoms with van der Waals surface area (Å²) in [6.45, 7) is 3.89. The Balaban J connectivity index is 2.63. The monoisotopic (exact) mass is 210 g/mol. The van der Waals surface area contributed by atoms with Crippen LogP contribution in [0.25, 0.3) is 0 Å². The maximum absolute atomic E-state index is 10.6. The van der Waals surface area contributed by atoms with Gasteiger partial charge in [0.1, 0.15) is 0 Å². The van der Waals surface area contributed by atoms with Gasteiger partial charge in [-0.1, -0.05) is 18.2 Å². The van der Waals surface area contributed by atoms with Crippen molar-refractivity contribution in [3.05, 3.63) is 30.3 Å². The Bertz CT molecular complexity index is 306. The zero-order chi connectivity index (χ0) is 10.6. The van der Waals surface area contributed by atoms with Crippen LogP contribution in [0.1, 0.15) is 20.3 Å². The average molecular weight is 210 g/mol. The highest BCUT2D eigenvalue weighted by Gasteiger charge is 2.22. The van der Waals surface area contributed by atoms with Crippen molar-refractivity contribution in [2.24, 2.45) is 0 Å². The van der Waals surface area contributed by atoms with Crippen molar-refractivity contribution in [3.8, 4) is 0 Å². The van der Waals surface area contributed by atoms with E-state index >= 15 is 0 Å². The van der Waals surface area contributed by atoms with Crippen molar-refractivity contribution < 1.29 is 9.90 Å². The smallest absolute Gasteiger partial charge is 0.304 e. The lowest BCUT2D eigenvalue weighted by atomic mass is 10.1. The van der Waals surface area contributed by atoms with Gasteiger partial charge in [0.2, 0.25) is 0 Å². The summed E-state index contributed by atoms with van der Waals surface area (Å²) in [4.78, 5) is 11.7. The molecule has 1 aromatic carbocycles. The lowest BCUT2D eigenvalue weighted by Crippen LogP contribution is -2.19. The summed E-state index contributed by atoms with van der Waals surface area (Å²) in [6.07, 6.45) is 0.173. The highest BCUT2D eigenvalue weighted by Crippen LogP contribution is 2.34. The number of hydrogen-bond acceptors (Lipinski definition) is 2. The summed E-state index contributed by atoms with van der Waals surface area (Å²) in [5, 5.41) is 8.71. The molecule has 0 aliphatic heterocycles. The minimum Gasteiger partial charge on any atom is -0.481 e. The molecule has 0 radical (unpaired) electrons. The van der Waals surface area contributed by atoms with Crippen LogP contribution in [0.3, 0.4) is 0 Å². The van der Waals surface area contributed by atoms with E-state index in [1.807, 2.05) is 44.2 Å². The second-order valence-corrected chi connectivity index (χ2v) is 5.53. The minimum atomic E-state index is -0.751. The number of benzene rings is 1. The number of aliphatic carboxylic acids is 1. The van der Waals surface area contributed by atoms with Crippen molar-refractivity contribution in [1.29, 1.82) is 0 Å². The molecule has 1 rings (SSSR count). The quantitative estimate of drug-likeness (QED) is 0.776. The number of carbonyl (C=O) groups is 1. The van der Waals surface area contributed by atoms with Gasteiger partial charge in [-0.3, -0.25) is 4.79 Å². The molecular weight excluding hydrogens is 196 g/mol. The predicted octanol–water partition coefficient (Wildman–Crippen LogP) is 3.03. The number of hydrogen-bond donors (Lipinski definition) is 1. The first-order valence-electron chi connectivity index (χ1n) is 4.45. The van der Waals surface area contributed by atoms with E-state index in [-0.39, 0.29) is 11.2 Å². The molecule has 14 heavy (non-hydrogen) atoms. The molecule has 2 nitrogen and oxygen atoms in total. The van der Waals surface area contributed by atoms with E-state index in [1.54, 1.807) is 11.8 Å². The molecule has 0 unspecified atom stereocenters. The zero-order valence-corrected chi connectivity index (χ0v) is 9.17. The van der Waals surface area contributed by atoms with Crippen LogP contribution in [0, 0.1) is 0 Å². The largest absolute Gasteiger partial charge is 0.481 e. The van der Waals surface area contributed by atoms with Gasteiger partial charge in [0.25, 0.3) is 0 Å². The molecule has 1 aromatic rings. The van der Waals surface area contributed by atoms with Gasteiger partial charge in [-0.2, -0.15) is 0 Å². The molecule has 0 fully saturated rings. The summed E-state index contributed by atoms with van der Waals surface area (Å²) >= 11 is 1.59. The van der Waals surface area contributed by atoms with E-state index < -0.39 is 5.97 Å². The normalized spacial score (nSPS) is 11.3. The van der Waals surface area contributed by atoms with E-state index in [1.165, 1.54) is 0 Å². The van der Waals surface area contributed by atoms with Crippen LogP contribution < -0.4 is 0 Å². The van der Waals surface area contributed by atoms with Gasteiger partial charge >= 0.3 is 5.97 Å². The van der Waals surface area contributed by atoms with Gasteiger partial charge in [-0.05, 0) is 26.0 Å². The van der Waals surface area contributed by atoms with Crippen LogP contribution in [0.4, 0.5) is 0 Å². The summed E-state index contributed by atoms with van der Waals surface area (Å²) in [5.74, 6) is -0.751. The first kappa shape index (κ1) is 11.1. The lowest BCUT2D eigenvalue weighted by Gasteiger charge is -2.21. The Labute approximate surface area is 88.3 Å². The third kappa shape index (κ3) is 3.83. The average Bonchev–Trinajstić information content (AvgIpc) is 2.02. The van der Waals surface area contributed by atoms with Gasteiger partial charge in [-0.15, -0.1) is 11.8 Å². The Morgan fingerprint density at radius 1 is 1.36 bits per heavy atom. The summed E-state index contributed by atoms with van der Waals surface area (Å²) in [7, 11) is 0. The second-order valence-electron chi connectivity index (χ2n) is 3.75. The first-order chi connectivity index (χ1) is 6.49. The highest BCUT2D eigenvalue weighted by molar-refractivity contribution is 8.00. The predicted molar refractivity (Wildman–Crippen MR) is 58.6 cm³/mol. The van der Waals surface area contributed by atoms with Crippen LogP contribution >= 0.6 is 11.8 Å². The molecule has 0 spiro atoms. The molecular formula is C11H14O2S. The maximum atomic E-state index is 10.6. The molecule has 0 amide bonds. The third-order valence-corrected chi connectivity index (χ3v) is 2.92. The fourth-order valence-electron chi connectivity index (χ4n) is 1.21. The van der Waals surface area contributed by atoms with E-state index in [2.05, 4.69) is 0 Å². The highest BCUT2D eigenvalue weighted by atomic mass is 32.2. The zero-order valence-electron chi connectivity index (χ0n) is 8.36. The van der Waals surface area contributed by atoms with Crippen molar-refractivity contribution in [3.63, 3.8) is 0 Å². The van der Waals surface area contributed by atoms with Crippen LogP contribution in [0.5, 0.6) is 0 Å². The van der Waals surface area contributed by atoms with Crippen LogP contribution in [0.15, 0.2) is 35.2 Å². The number of carboxylic acid groups (broad SMARTS) is 1. The van der Waals surface area contributed by atoms with Gasteiger partial charge in [-0.25, -0.2) is 0 Å². The van der Waals surface area contributed by atoms with Crippen molar-refractivity contribution in [2.75, 3.05) is 0 Å². The summed E-state index contributed by atoms with van der Waals surface area (Å²) in [5.41, 5.74) is 0. The number of rotatable bonds is 4. The molecule has 1 N–H and O–H groups in total. The molecule has 76 valence electrons.